The zero-order chi connectivity index (χ0) is 19.4. The van der Waals surface area contributed by atoms with Crippen LogP contribution in [0.15, 0.2) is 9.95 Å². The molecule has 2 heterocycles. The average Bonchev–Trinajstić information content (AvgIpc) is 3.08. The third-order valence-electron chi connectivity index (χ3n) is 3.99. The average molecular weight is 380 g/mol. The summed E-state index contributed by atoms with van der Waals surface area (Å²) in [5.41, 5.74) is 1.67. The lowest BCUT2D eigenvalue weighted by Gasteiger charge is -2.10. The van der Waals surface area contributed by atoms with E-state index in [0.717, 1.165) is 6.42 Å². The number of rotatable bonds is 8. The van der Waals surface area contributed by atoms with Crippen LogP contribution in [-0.4, -0.2) is 43.4 Å². The summed E-state index contributed by atoms with van der Waals surface area (Å²) in [4.78, 5) is 39.7. The summed E-state index contributed by atoms with van der Waals surface area (Å²) >= 11 is 1.21. The molecule has 26 heavy (non-hydrogen) atoms. The molecule has 0 fully saturated rings. The highest BCUT2D eigenvalue weighted by molar-refractivity contribution is 8.00. The Morgan fingerprint density at radius 3 is 2.62 bits per heavy atom. The molecule has 0 aliphatic carbocycles. The lowest BCUT2D eigenvalue weighted by atomic mass is 10.1. The number of aromatic amines is 2. The summed E-state index contributed by atoms with van der Waals surface area (Å²) in [7, 11) is 0. The fraction of sp³-hybridized carbons (Fsp3) is 0.529. The Kier molecular flexibility index (Phi) is 6.47. The first-order chi connectivity index (χ1) is 12.3. The summed E-state index contributed by atoms with van der Waals surface area (Å²) in [5.74, 6) is -0.605. The number of esters is 1. The largest absolute Gasteiger partial charge is 0.462 e. The standard InChI is InChI=1S/C17H24N4O4S/c1-6-8-21-16(24)19-20-17(21)26-11(5)14(22)13-9(3)12(10(4)18-13)15(23)25-7-2/h11,18H,6-8H2,1-5H3,(H,19,24)/t11-/m0/s1. The van der Waals surface area contributed by atoms with Crippen molar-refractivity contribution in [3.63, 3.8) is 0 Å². The number of Topliss-reactive ketones (excluding diaryl/α,β-unsaturated/α-hetero) is 1. The summed E-state index contributed by atoms with van der Waals surface area (Å²) < 4.78 is 6.58. The van der Waals surface area contributed by atoms with E-state index in [0.29, 0.717) is 34.2 Å². The van der Waals surface area contributed by atoms with Crippen molar-refractivity contribution < 1.29 is 14.3 Å². The minimum atomic E-state index is -0.479. The lowest BCUT2D eigenvalue weighted by Crippen LogP contribution is -2.20. The second-order valence-corrected chi connectivity index (χ2v) is 7.24. The van der Waals surface area contributed by atoms with Crippen molar-refractivity contribution in [3.05, 3.63) is 33.0 Å². The summed E-state index contributed by atoms with van der Waals surface area (Å²) in [6, 6.07) is 0. The zero-order valence-electron chi connectivity index (χ0n) is 15.6. The molecule has 8 nitrogen and oxygen atoms in total. The molecule has 2 aromatic heterocycles. The van der Waals surface area contributed by atoms with Crippen molar-refractivity contribution >= 4 is 23.5 Å². The Labute approximate surface area is 155 Å². The van der Waals surface area contributed by atoms with Crippen LogP contribution in [0.3, 0.4) is 0 Å². The molecule has 0 spiro atoms. The van der Waals surface area contributed by atoms with E-state index in [-0.39, 0.29) is 18.1 Å². The van der Waals surface area contributed by atoms with Gasteiger partial charge in [-0.15, -0.1) is 5.10 Å². The Morgan fingerprint density at radius 2 is 2.00 bits per heavy atom. The molecule has 0 bridgehead atoms. The van der Waals surface area contributed by atoms with Gasteiger partial charge in [-0.1, -0.05) is 18.7 Å². The van der Waals surface area contributed by atoms with Crippen LogP contribution >= 0.6 is 11.8 Å². The molecule has 142 valence electrons. The van der Waals surface area contributed by atoms with Crippen LogP contribution in [0.5, 0.6) is 0 Å². The molecule has 0 radical (unpaired) electrons. The summed E-state index contributed by atoms with van der Waals surface area (Å²) in [5, 5.41) is 6.41. The van der Waals surface area contributed by atoms with Crippen molar-refractivity contribution in [3.8, 4) is 0 Å². The van der Waals surface area contributed by atoms with Gasteiger partial charge in [0.15, 0.2) is 10.9 Å². The maximum atomic E-state index is 12.9. The second kappa shape index (κ2) is 8.39. The number of hydrogen-bond donors (Lipinski definition) is 2. The number of nitrogens with zero attached hydrogens (tertiary/aromatic N) is 2. The fourth-order valence-electron chi connectivity index (χ4n) is 2.73. The molecule has 2 aromatic rings. The summed E-state index contributed by atoms with van der Waals surface area (Å²) in [6.07, 6.45) is 0.785. The van der Waals surface area contributed by atoms with Crippen molar-refractivity contribution in [2.24, 2.45) is 0 Å². The van der Waals surface area contributed by atoms with E-state index in [1.807, 2.05) is 6.92 Å². The predicted octanol–water partition coefficient (Wildman–Crippen LogP) is 2.47. The highest BCUT2D eigenvalue weighted by atomic mass is 32.2. The van der Waals surface area contributed by atoms with E-state index in [2.05, 4.69) is 15.2 Å². The number of aryl methyl sites for hydroxylation is 1. The number of nitrogens with one attached hydrogen (secondary N) is 2. The van der Waals surface area contributed by atoms with Crippen molar-refractivity contribution in [2.75, 3.05) is 6.61 Å². The monoisotopic (exact) mass is 380 g/mol. The van der Waals surface area contributed by atoms with Crippen molar-refractivity contribution in [1.82, 2.24) is 19.7 Å². The van der Waals surface area contributed by atoms with Gasteiger partial charge in [-0.25, -0.2) is 14.7 Å². The van der Waals surface area contributed by atoms with Crippen LogP contribution in [0.25, 0.3) is 0 Å². The molecule has 0 saturated carbocycles. The molecule has 1 atom stereocenters. The van der Waals surface area contributed by atoms with Crippen LogP contribution in [0.1, 0.15) is 59.3 Å². The minimum Gasteiger partial charge on any atom is -0.462 e. The minimum absolute atomic E-state index is 0.162. The van der Waals surface area contributed by atoms with Crippen LogP contribution in [-0.2, 0) is 11.3 Å². The number of carbonyl (C=O) groups excluding carboxylic acids is 2. The van der Waals surface area contributed by atoms with E-state index in [9.17, 15) is 14.4 Å². The molecule has 0 aliphatic rings. The van der Waals surface area contributed by atoms with E-state index in [1.54, 1.807) is 27.7 Å². The first-order valence-electron chi connectivity index (χ1n) is 8.54. The number of ketones is 1. The molecule has 0 unspecified atom stereocenters. The van der Waals surface area contributed by atoms with E-state index >= 15 is 0 Å². The lowest BCUT2D eigenvalue weighted by molar-refractivity contribution is 0.0525. The van der Waals surface area contributed by atoms with Gasteiger partial charge in [-0.2, -0.15) is 0 Å². The predicted molar refractivity (Wildman–Crippen MR) is 99.0 cm³/mol. The van der Waals surface area contributed by atoms with Crippen LogP contribution in [0.4, 0.5) is 0 Å². The molecule has 0 saturated heterocycles. The normalized spacial score (nSPS) is 12.2. The number of hydrogen-bond acceptors (Lipinski definition) is 6. The Morgan fingerprint density at radius 1 is 1.31 bits per heavy atom. The van der Waals surface area contributed by atoms with Gasteiger partial charge in [0.2, 0.25) is 0 Å². The fourth-order valence-corrected chi connectivity index (χ4v) is 3.68. The first kappa shape index (κ1) is 20.0. The smallest absolute Gasteiger partial charge is 0.343 e. The Hall–Kier alpha value is -2.29. The molecular weight excluding hydrogens is 356 g/mol. The second-order valence-electron chi connectivity index (χ2n) is 5.93. The molecule has 2 N–H and O–H groups in total. The zero-order valence-corrected chi connectivity index (χ0v) is 16.5. The van der Waals surface area contributed by atoms with Gasteiger partial charge in [-0.3, -0.25) is 9.36 Å². The van der Waals surface area contributed by atoms with Crippen LogP contribution in [0, 0.1) is 13.8 Å². The molecular formula is C17H24N4O4S. The SMILES string of the molecule is CCCn1c(S[C@@H](C)C(=O)c2[nH]c(C)c(C(=O)OCC)c2C)n[nH]c1=O. The van der Waals surface area contributed by atoms with Gasteiger partial charge < -0.3 is 9.72 Å². The number of carbonyl (C=O) groups is 2. The quantitative estimate of drug-likeness (QED) is 0.414. The highest BCUT2D eigenvalue weighted by Crippen LogP contribution is 2.26. The molecule has 0 aromatic carbocycles. The van der Waals surface area contributed by atoms with Crippen LogP contribution < -0.4 is 5.69 Å². The number of H-pyrrole nitrogens is 2. The number of ether oxygens (including phenoxy) is 1. The van der Waals surface area contributed by atoms with Crippen molar-refractivity contribution in [2.45, 2.75) is 58.0 Å². The maximum absolute atomic E-state index is 12.9. The third kappa shape index (κ3) is 3.92. The number of thioether (sulfide) groups is 1. The number of aromatic nitrogens is 4. The van der Waals surface area contributed by atoms with E-state index in [4.69, 9.17) is 4.74 Å². The molecule has 0 amide bonds. The van der Waals surface area contributed by atoms with Gasteiger partial charge >= 0.3 is 11.7 Å². The summed E-state index contributed by atoms with van der Waals surface area (Å²) in [6.45, 7) is 9.72. The van der Waals surface area contributed by atoms with Gasteiger partial charge in [0, 0.05) is 12.2 Å². The van der Waals surface area contributed by atoms with E-state index in [1.165, 1.54) is 16.3 Å². The molecule has 0 aliphatic heterocycles. The Balaban J connectivity index is 2.25. The van der Waals surface area contributed by atoms with E-state index < -0.39 is 11.2 Å². The van der Waals surface area contributed by atoms with Gasteiger partial charge in [-0.05, 0) is 39.7 Å². The van der Waals surface area contributed by atoms with Crippen LogP contribution in [0.2, 0.25) is 0 Å². The molecule has 2 rings (SSSR count). The Bertz CT molecular complexity index is 865. The van der Waals surface area contributed by atoms with Crippen molar-refractivity contribution in [1.29, 1.82) is 0 Å². The molecule has 9 heteroatoms. The third-order valence-corrected chi connectivity index (χ3v) is 5.08. The van der Waals surface area contributed by atoms with Gasteiger partial charge in [0.05, 0.1) is 23.1 Å². The highest BCUT2D eigenvalue weighted by Gasteiger charge is 2.27. The van der Waals surface area contributed by atoms with Gasteiger partial charge in [0.25, 0.3) is 0 Å². The first-order valence-corrected chi connectivity index (χ1v) is 9.42. The maximum Gasteiger partial charge on any atom is 0.343 e. The topological polar surface area (TPSA) is 110 Å². The van der Waals surface area contributed by atoms with Gasteiger partial charge in [0.1, 0.15) is 0 Å².